The van der Waals surface area contributed by atoms with Crippen LogP contribution in [-0.4, -0.2) is 79.3 Å². The van der Waals surface area contributed by atoms with E-state index in [9.17, 15) is 19.5 Å². The zero-order valence-electron chi connectivity index (χ0n) is 22.8. The number of carbonyl (C=O) groups excluding carboxylic acids is 3. The number of fused-ring (bicyclic) bond motifs is 2. The Hall–Kier alpha value is -3.36. The molecule has 2 aromatic rings. The van der Waals surface area contributed by atoms with Crippen LogP contribution in [0.3, 0.4) is 0 Å². The van der Waals surface area contributed by atoms with Crippen molar-refractivity contribution in [3.8, 4) is 0 Å². The number of likely N-dealkylation sites (tertiary alicyclic amines) is 1. The number of nitrogens with zero attached hydrogens (tertiary/aromatic N) is 3. The first-order chi connectivity index (χ1) is 19.4. The largest absolute Gasteiger partial charge is 0.394 e. The summed E-state index contributed by atoms with van der Waals surface area (Å²) in [6.07, 6.45) is 8.11. The Morgan fingerprint density at radius 1 is 0.925 bits per heavy atom. The molecule has 2 aromatic carbocycles. The van der Waals surface area contributed by atoms with Crippen molar-refractivity contribution in [1.82, 2.24) is 14.7 Å². The van der Waals surface area contributed by atoms with Crippen molar-refractivity contribution in [2.75, 3.05) is 19.7 Å². The number of benzene rings is 2. The molecule has 4 aliphatic heterocycles. The third-order valence-electron chi connectivity index (χ3n) is 8.74. The van der Waals surface area contributed by atoms with E-state index in [1.165, 1.54) is 0 Å². The van der Waals surface area contributed by atoms with E-state index in [2.05, 4.69) is 6.08 Å². The SMILES string of the molecule is CC(C)N1CC=C[C@]23S[C@H]4C=CCN(Cc5ccccc5)C(=O)[C@H]4[C@H]2C(=O)N([C@H](CO)c2ccccc2)C3C1=O. The molecule has 208 valence electrons. The minimum atomic E-state index is -0.912. The first-order valence-electron chi connectivity index (χ1n) is 14.0. The van der Waals surface area contributed by atoms with E-state index < -0.39 is 28.7 Å². The molecule has 4 heterocycles. The summed E-state index contributed by atoms with van der Waals surface area (Å²) in [4.78, 5) is 48.5. The number of aliphatic hydroxyl groups excluding tert-OH is 1. The molecule has 7 nitrogen and oxygen atoms in total. The van der Waals surface area contributed by atoms with Gasteiger partial charge in [-0.1, -0.05) is 85.0 Å². The first kappa shape index (κ1) is 26.8. The minimum absolute atomic E-state index is 0.0618. The average Bonchev–Trinajstić information content (AvgIpc) is 3.27. The Bertz CT molecular complexity index is 1350. The molecule has 0 saturated carbocycles. The summed E-state index contributed by atoms with van der Waals surface area (Å²) < 4.78 is -0.912. The normalized spacial score (nSPS) is 30.3. The predicted molar refractivity (Wildman–Crippen MR) is 155 cm³/mol. The number of hydrogen-bond donors (Lipinski definition) is 1. The molecule has 6 rings (SSSR count). The second kappa shape index (κ2) is 10.6. The maximum Gasteiger partial charge on any atom is 0.247 e. The van der Waals surface area contributed by atoms with Crippen LogP contribution in [0.15, 0.2) is 85.0 Å². The van der Waals surface area contributed by atoms with Crippen LogP contribution in [0.2, 0.25) is 0 Å². The molecule has 1 spiro atoms. The van der Waals surface area contributed by atoms with Crippen LogP contribution in [0.1, 0.15) is 31.0 Å². The van der Waals surface area contributed by atoms with Gasteiger partial charge in [0.2, 0.25) is 17.7 Å². The number of thioether (sulfide) groups is 1. The van der Waals surface area contributed by atoms with Crippen molar-refractivity contribution >= 4 is 29.5 Å². The highest BCUT2D eigenvalue weighted by molar-refractivity contribution is 8.02. The maximum atomic E-state index is 14.6. The molecular weight excluding hydrogens is 522 g/mol. The van der Waals surface area contributed by atoms with E-state index in [1.54, 1.807) is 21.6 Å². The van der Waals surface area contributed by atoms with Crippen LogP contribution in [0, 0.1) is 11.8 Å². The lowest BCUT2D eigenvalue weighted by atomic mass is 9.78. The van der Waals surface area contributed by atoms with Crippen LogP contribution in [-0.2, 0) is 20.9 Å². The third kappa shape index (κ3) is 4.20. The van der Waals surface area contributed by atoms with E-state index in [0.717, 1.165) is 11.1 Å². The Labute approximate surface area is 239 Å². The Balaban J connectivity index is 1.45. The van der Waals surface area contributed by atoms with Crippen molar-refractivity contribution < 1.29 is 19.5 Å². The van der Waals surface area contributed by atoms with E-state index in [4.69, 9.17) is 0 Å². The summed E-state index contributed by atoms with van der Waals surface area (Å²) in [6, 6.07) is 17.7. The second-order valence-electron chi connectivity index (χ2n) is 11.3. The number of amides is 3. The van der Waals surface area contributed by atoms with Crippen LogP contribution in [0.25, 0.3) is 0 Å². The monoisotopic (exact) mass is 557 g/mol. The van der Waals surface area contributed by atoms with Gasteiger partial charge >= 0.3 is 0 Å². The molecule has 3 amide bonds. The zero-order valence-corrected chi connectivity index (χ0v) is 23.6. The van der Waals surface area contributed by atoms with Crippen molar-refractivity contribution in [2.24, 2.45) is 11.8 Å². The van der Waals surface area contributed by atoms with Gasteiger partial charge in [0.15, 0.2) is 0 Å². The fraction of sp³-hybridized carbons (Fsp3) is 0.406. The minimum Gasteiger partial charge on any atom is -0.394 e. The molecule has 40 heavy (non-hydrogen) atoms. The van der Waals surface area contributed by atoms with Gasteiger partial charge in [0.25, 0.3) is 0 Å². The van der Waals surface area contributed by atoms with Crippen molar-refractivity contribution in [2.45, 2.75) is 48.5 Å². The molecule has 4 aliphatic rings. The van der Waals surface area contributed by atoms with Crippen molar-refractivity contribution in [3.05, 3.63) is 96.1 Å². The van der Waals surface area contributed by atoms with Crippen LogP contribution < -0.4 is 0 Å². The summed E-state index contributed by atoms with van der Waals surface area (Å²) in [5.41, 5.74) is 1.80. The van der Waals surface area contributed by atoms with E-state index in [1.807, 2.05) is 97.6 Å². The van der Waals surface area contributed by atoms with Gasteiger partial charge in [0.1, 0.15) is 6.04 Å². The molecule has 2 fully saturated rings. The van der Waals surface area contributed by atoms with Gasteiger partial charge in [0.05, 0.1) is 29.2 Å². The summed E-state index contributed by atoms with van der Waals surface area (Å²) in [5.74, 6) is -1.75. The van der Waals surface area contributed by atoms with Gasteiger partial charge in [-0.2, -0.15) is 0 Å². The van der Waals surface area contributed by atoms with Crippen LogP contribution in [0.4, 0.5) is 0 Å². The molecule has 0 radical (unpaired) electrons. The van der Waals surface area contributed by atoms with Gasteiger partial charge in [-0.05, 0) is 25.0 Å². The fourth-order valence-electron chi connectivity index (χ4n) is 6.92. The smallest absolute Gasteiger partial charge is 0.247 e. The zero-order chi connectivity index (χ0) is 28.0. The molecule has 1 unspecified atom stereocenters. The maximum absolute atomic E-state index is 14.6. The number of aliphatic hydroxyl groups is 1. The van der Waals surface area contributed by atoms with Gasteiger partial charge in [-0.25, -0.2) is 0 Å². The molecule has 8 heteroatoms. The Morgan fingerprint density at radius 3 is 2.30 bits per heavy atom. The highest BCUT2D eigenvalue weighted by atomic mass is 32.2. The highest BCUT2D eigenvalue weighted by Crippen LogP contribution is 2.62. The van der Waals surface area contributed by atoms with Crippen molar-refractivity contribution in [1.29, 1.82) is 0 Å². The number of hydrogen-bond acceptors (Lipinski definition) is 5. The first-order valence-corrected chi connectivity index (χ1v) is 14.9. The fourth-order valence-corrected chi connectivity index (χ4v) is 8.92. The standard InChI is InChI=1S/C32H35N3O4S/c1-21(2)34-18-10-16-32-27(30(38)35(28(32)31(34)39)24(20-36)23-13-7-4-8-14-23)26-25(40-32)15-9-17-33(29(26)37)19-22-11-5-3-6-12-22/h3-16,21,24-28,36H,17-20H2,1-2H3/t24-,25+,26-,27+,28?,32+/m1/s1. The van der Waals surface area contributed by atoms with E-state index in [-0.39, 0.29) is 35.6 Å². The summed E-state index contributed by atoms with van der Waals surface area (Å²) in [5, 5.41) is 10.4. The lowest BCUT2D eigenvalue weighted by Gasteiger charge is -2.39. The van der Waals surface area contributed by atoms with Crippen LogP contribution in [0.5, 0.6) is 0 Å². The molecular formula is C32H35N3O4S. The van der Waals surface area contributed by atoms with Gasteiger partial charge < -0.3 is 19.8 Å². The van der Waals surface area contributed by atoms with Gasteiger partial charge in [0, 0.05) is 30.9 Å². The van der Waals surface area contributed by atoms with Crippen LogP contribution >= 0.6 is 11.8 Å². The van der Waals surface area contributed by atoms with E-state index >= 15 is 0 Å². The molecule has 0 bridgehead atoms. The molecule has 1 N–H and O–H groups in total. The summed E-state index contributed by atoms with van der Waals surface area (Å²) in [6.45, 7) is 5.00. The summed E-state index contributed by atoms with van der Waals surface area (Å²) in [7, 11) is 0. The highest BCUT2D eigenvalue weighted by Gasteiger charge is 2.71. The van der Waals surface area contributed by atoms with Gasteiger partial charge in [-0.3, -0.25) is 14.4 Å². The average molecular weight is 558 g/mol. The topological polar surface area (TPSA) is 81.2 Å². The molecule has 0 aromatic heterocycles. The third-order valence-corrected chi connectivity index (χ3v) is 10.5. The second-order valence-corrected chi connectivity index (χ2v) is 12.8. The lowest BCUT2D eigenvalue weighted by molar-refractivity contribution is -0.147. The summed E-state index contributed by atoms with van der Waals surface area (Å²) >= 11 is 1.57. The van der Waals surface area contributed by atoms with Crippen molar-refractivity contribution in [3.63, 3.8) is 0 Å². The molecule has 2 saturated heterocycles. The Kier molecular flexibility index (Phi) is 7.09. The lowest BCUT2D eigenvalue weighted by Crippen LogP contribution is -2.55. The molecule has 0 aliphatic carbocycles. The number of rotatable bonds is 6. The number of carbonyl (C=O) groups is 3. The Morgan fingerprint density at radius 2 is 1.62 bits per heavy atom. The quantitative estimate of drug-likeness (QED) is 0.551. The predicted octanol–water partition coefficient (Wildman–Crippen LogP) is 3.42. The van der Waals surface area contributed by atoms with Gasteiger partial charge in [-0.15, -0.1) is 11.8 Å². The van der Waals surface area contributed by atoms with E-state index in [0.29, 0.717) is 19.6 Å². The molecule has 6 atom stereocenters.